The Labute approximate surface area is 151 Å². The number of benzene rings is 1. The summed E-state index contributed by atoms with van der Waals surface area (Å²) in [5.41, 5.74) is 3.90. The monoisotopic (exact) mass is 338 g/mol. The van der Waals surface area contributed by atoms with Crippen molar-refractivity contribution < 1.29 is 0 Å². The summed E-state index contributed by atoms with van der Waals surface area (Å²) in [5, 5.41) is 3.65. The predicted molar refractivity (Wildman–Crippen MR) is 103 cm³/mol. The third-order valence-electron chi connectivity index (χ3n) is 5.62. The van der Waals surface area contributed by atoms with E-state index in [0.717, 1.165) is 25.3 Å². The number of anilines is 1. The zero-order valence-electron chi connectivity index (χ0n) is 15.4. The number of aromatic nitrogens is 2. The number of imidazole rings is 1. The average molecular weight is 338 g/mol. The zero-order chi connectivity index (χ0) is 17.1. The number of nitrogens with one attached hydrogen (secondary N) is 1. The molecule has 1 aromatic heterocycles. The molecule has 3 heterocycles. The fraction of sp³-hybridized carbons (Fsp3) is 0.571. The fourth-order valence-corrected chi connectivity index (χ4v) is 4.27. The highest BCUT2D eigenvalue weighted by molar-refractivity contribution is 5.47. The van der Waals surface area contributed by atoms with E-state index < -0.39 is 0 Å². The standard InChI is InChI=1S/C21H30N4/c1-17-16-25-13-5-6-19(21(25)23-17)15-22-14-18-7-9-20(10-8-18)24-11-3-2-4-12-24/h7-10,16,19,22H,2-6,11-15H2,1H3. The van der Waals surface area contributed by atoms with Gasteiger partial charge in [-0.15, -0.1) is 0 Å². The van der Waals surface area contributed by atoms with Crippen molar-refractivity contribution >= 4 is 5.69 Å². The van der Waals surface area contributed by atoms with E-state index in [0.29, 0.717) is 5.92 Å². The van der Waals surface area contributed by atoms with Crippen molar-refractivity contribution in [3.63, 3.8) is 0 Å². The first-order valence-corrected chi connectivity index (χ1v) is 9.88. The molecule has 2 aliphatic rings. The van der Waals surface area contributed by atoms with E-state index in [1.807, 2.05) is 0 Å². The van der Waals surface area contributed by atoms with Crippen molar-refractivity contribution in [2.75, 3.05) is 24.5 Å². The van der Waals surface area contributed by atoms with Gasteiger partial charge in [0.15, 0.2) is 0 Å². The molecule has 0 saturated carbocycles. The molecule has 0 spiro atoms. The fourth-order valence-electron chi connectivity index (χ4n) is 4.27. The van der Waals surface area contributed by atoms with E-state index in [4.69, 9.17) is 4.98 Å². The molecule has 2 aliphatic heterocycles. The lowest BCUT2D eigenvalue weighted by atomic mass is 9.99. The first-order chi connectivity index (χ1) is 12.3. The van der Waals surface area contributed by atoms with Gasteiger partial charge in [0, 0.05) is 50.5 Å². The van der Waals surface area contributed by atoms with Crippen molar-refractivity contribution in [2.45, 2.75) is 58.0 Å². The van der Waals surface area contributed by atoms with Crippen LogP contribution in [0.15, 0.2) is 30.5 Å². The molecule has 0 amide bonds. The highest BCUT2D eigenvalue weighted by atomic mass is 15.1. The van der Waals surface area contributed by atoms with E-state index in [2.05, 4.69) is 52.2 Å². The molecule has 0 bridgehead atoms. The van der Waals surface area contributed by atoms with Crippen molar-refractivity contribution in [2.24, 2.45) is 0 Å². The molecule has 1 aromatic carbocycles. The van der Waals surface area contributed by atoms with Crippen molar-refractivity contribution in [1.82, 2.24) is 14.9 Å². The maximum atomic E-state index is 4.74. The van der Waals surface area contributed by atoms with Crippen LogP contribution in [0.3, 0.4) is 0 Å². The number of hydrogen-bond donors (Lipinski definition) is 1. The van der Waals surface area contributed by atoms with Crippen molar-refractivity contribution in [1.29, 1.82) is 0 Å². The maximum absolute atomic E-state index is 4.74. The smallest absolute Gasteiger partial charge is 0.113 e. The van der Waals surface area contributed by atoms with E-state index in [-0.39, 0.29) is 0 Å². The molecular formula is C21H30N4. The summed E-state index contributed by atoms with van der Waals surface area (Å²) in [6.07, 6.45) is 8.76. The van der Waals surface area contributed by atoms with Gasteiger partial charge in [0.1, 0.15) is 5.82 Å². The van der Waals surface area contributed by atoms with Gasteiger partial charge in [0.25, 0.3) is 0 Å². The van der Waals surface area contributed by atoms with Crippen LogP contribution in [0.25, 0.3) is 0 Å². The normalized spacial score (nSPS) is 20.5. The number of aryl methyl sites for hydroxylation is 2. The number of rotatable bonds is 5. The quantitative estimate of drug-likeness (QED) is 0.899. The highest BCUT2D eigenvalue weighted by Gasteiger charge is 2.21. The van der Waals surface area contributed by atoms with Crippen molar-refractivity contribution in [3.8, 4) is 0 Å². The molecule has 2 aromatic rings. The van der Waals surface area contributed by atoms with Gasteiger partial charge < -0.3 is 14.8 Å². The molecule has 4 nitrogen and oxygen atoms in total. The van der Waals surface area contributed by atoms with Gasteiger partial charge in [-0.3, -0.25) is 0 Å². The second-order valence-electron chi connectivity index (χ2n) is 7.62. The van der Waals surface area contributed by atoms with Gasteiger partial charge in [0.2, 0.25) is 0 Å². The Kier molecular flexibility index (Phi) is 5.07. The summed E-state index contributed by atoms with van der Waals surface area (Å²) in [6.45, 7) is 7.61. The molecule has 134 valence electrons. The molecule has 1 atom stereocenters. The Balaban J connectivity index is 1.30. The lowest BCUT2D eigenvalue weighted by Gasteiger charge is -2.29. The minimum absolute atomic E-state index is 0.551. The number of nitrogens with zero attached hydrogens (tertiary/aromatic N) is 3. The number of hydrogen-bond acceptors (Lipinski definition) is 3. The average Bonchev–Trinajstić information content (AvgIpc) is 3.04. The maximum Gasteiger partial charge on any atom is 0.113 e. The summed E-state index contributed by atoms with van der Waals surface area (Å²) in [5.74, 6) is 1.83. The molecule has 1 unspecified atom stereocenters. The van der Waals surface area contributed by atoms with Crippen LogP contribution in [0.1, 0.15) is 55.1 Å². The number of piperidine rings is 1. The largest absolute Gasteiger partial charge is 0.372 e. The van der Waals surface area contributed by atoms with Crippen LogP contribution in [0.2, 0.25) is 0 Å². The summed E-state index contributed by atoms with van der Waals surface area (Å²) in [7, 11) is 0. The topological polar surface area (TPSA) is 33.1 Å². The molecule has 4 heteroatoms. The first-order valence-electron chi connectivity index (χ1n) is 9.88. The molecule has 0 radical (unpaired) electrons. The Bertz CT molecular complexity index is 682. The zero-order valence-corrected chi connectivity index (χ0v) is 15.4. The Hall–Kier alpha value is -1.81. The molecular weight excluding hydrogens is 308 g/mol. The minimum Gasteiger partial charge on any atom is -0.372 e. The predicted octanol–water partition coefficient (Wildman–Crippen LogP) is 3.85. The highest BCUT2D eigenvalue weighted by Crippen LogP contribution is 2.26. The number of fused-ring (bicyclic) bond motifs is 1. The first kappa shape index (κ1) is 16.6. The molecule has 4 rings (SSSR count). The Morgan fingerprint density at radius 1 is 1.04 bits per heavy atom. The van der Waals surface area contributed by atoms with Crippen molar-refractivity contribution in [3.05, 3.63) is 47.5 Å². The summed E-state index contributed by atoms with van der Waals surface area (Å²) in [6, 6.07) is 9.14. The van der Waals surface area contributed by atoms with E-state index in [1.54, 1.807) is 0 Å². The van der Waals surface area contributed by atoms with E-state index in [9.17, 15) is 0 Å². The molecule has 1 fully saturated rings. The van der Waals surface area contributed by atoms with Gasteiger partial charge >= 0.3 is 0 Å². The molecule has 25 heavy (non-hydrogen) atoms. The Morgan fingerprint density at radius 3 is 2.64 bits per heavy atom. The molecule has 1 N–H and O–H groups in total. The summed E-state index contributed by atoms with van der Waals surface area (Å²) < 4.78 is 2.35. The van der Waals surface area contributed by atoms with Gasteiger partial charge in [-0.25, -0.2) is 4.98 Å². The second kappa shape index (κ2) is 7.61. The van der Waals surface area contributed by atoms with Crippen LogP contribution in [0.4, 0.5) is 5.69 Å². The second-order valence-corrected chi connectivity index (χ2v) is 7.62. The van der Waals surface area contributed by atoms with Crippen LogP contribution in [-0.4, -0.2) is 29.2 Å². The van der Waals surface area contributed by atoms with E-state index in [1.165, 1.54) is 62.3 Å². The van der Waals surface area contributed by atoms with Crippen LogP contribution in [0, 0.1) is 6.92 Å². The van der Waals surface area contributed by atoms with Crippen LogP contribution in [0.5, 0.6) is 0 Å². The molecule has 0 aliphatic carbocycles. The van der Waals surface area contributed by atoms with Crippen LogP contribution >= 0.6 is 0 Å². The summed E-state index contributed by atoms with van der Waals surface area (Å²) >= 11 is 0. The SMILES string of the molecule is Cc1cn2c(n1)C(CNCc1ccc(N3CCCCC3)cc1)CCC2. The van der Waals surface area contributed by atoms with E-state index >= 15 is 0 Å². The Morgan fingerprint density at radius 2 is 1.84 bits per heavy atom. The third-order valence-corrected chi connectivity index (χ3v) is 5.62. The lowest BCUT2D eigenvalue weighted by molar-refractivity contribution is 0.423. The van der Waals surface area contributed by atoms with Gasteiger partial charge in [-0.1, -0.05) is 12.1 Å². The lowest BCUT2D eigenvalue weighted by Crippen LogP contribution is -2.29. The third kappa shape index (κ3) is 3.90. The van der Waals surface area contributed by atoms with Gasteiger partial charge in [-0.05, 0) is 56.7 Å². The minimum atomic E-state index is 0.551. The van der Waals surface area contributed by atoms with Crippen LogP contribution < -0.4 is 10.2 Å². The van der Waals surface area contributed by atoms with Crippen LogP contribution in [-0.2, 0) is 13.1 Å². The van der Waals surface area contributed by atoms with Gasteiger partial charge in [-0.2, -0.15) is 0 Å². The molecule has 1 saturated heterocycles. The summed E-state index contributed by atoms with van der Waals surface area (Å²) in [4.78, 5) is 7.26. The van der Waals surface area contributed by atoms with Gasteiger partial charge in [0.05, 0.1) is 5.69 Å².